The second-order valence-electron chi connectivity index (χ2n) is 5.45. The standard InChI is InChI=1S/C14H19N3O2/c18-13-9-11-5-2-6-12(11)16-17(13)8-7-15-14(19)10-3-1-4-10/h9-10H,1-8H2,(H,15,19). The molecule has 0 unspecified atom stereocenters. The molecule has 1 saturated carbocycles. The minimum atomic E-state index is -0.0569. The van der Waals surface area contributed by atoms with E-state index in [1.165, 1.54) is 4.68 Å². The smallest absolute Gasteiger partial charge is 0.267 e. The highest BCUT2D eigenvalue weighted by molar-refractivity contribution is 5.79. The molecule has 0 atom stereocenters. The molecular formula is C14H19N3O2. The molecule has 0 spiro atoms. The topological polar surface area (TPSA) is 64.0 Å². The predicted octanol–water partition coefficient (Wildman–Crippen LogP) is 0.648. The van der Waals surface area contributed by atoms with Crippen LogP contribution in [-0.4, -0.2) is 22.2 Å². The second-order valence-corrected chi connectivity index (χ2v) is 5.45. The molecule has 1 heterocycles. The monoisotopic (exact) mass is 261 g/mol. The summed E-state index contributed by atoms with van der Waals surface area (Å²) in [5.74, 6) is 0.324. The molecule has 3 rings (SSSR count). The van der Waals surface area contributed by atoms with Crippen molar-refractivity contribution in [2.45, 2.75) is 45.1 Å². The summed E-state index contributed by atoms with van der Waals surface area (Å²) in [6.07, 6.45) is 6.18. The minimum absolute atomic E-state index is 0.0569. The van der Waals surface area contributed by atoms with Crippen molar-refractivity contribution in [1.29, 1.82) is 0 Å². The summed E-state index contributed by atoms with van der Waals surface area (Å²) < 4.78 is 1.48. The van der Waals surface area contributed by atoms with Gasteiger partial charge in [0, 0.05) is 18.5 Å². The van der Waals surface area contributed by atoms with Gasteiger partial charge in [-0.1, -0.05) is 6.42 Å². The highest BCUT2D eigenvalue weighted by atomic mass is 16.2. The first kappa shape index (κ1) is 12.4. The van der Waals surface area contributed by atoms with Crippen molar-refractivity contribution in [1.82, 2.24) is 15.1 Å². The summed E-state index contributed by atoms with van der Waals surface area (Å²) in [6.45, 7) is 0.950. The molecular weight excluding hydrogens is 242 g/mol. The molecule has 102 valence electrons. The van der Waals surface area contributed by atoms with Crippen LogP contribution in [0.5, 0.6) is 0 Å². The molecule has 1 aromatic heterocycles. The number of nitrogens with one attached hydrogen (secondary N) is 1. The van der Waals surface area contributed by atoms with E-state index in [9.17, 15) is 9.59 Å². The summed E-state index contributed by atoms with van der Waals surface area (Å²) in [4.78, 5) is 23.5. The molecule has 0 bridgehead atoms. The summed E-state index contributed by atoms with van der Waals surface area (Å²) in [5, 5.41) is 7.27. The number of hydrogen-bond donors (Lipinski definition) is 1. The van der Waals surface area contributed by atoms with Gasteiger partial charge in [-0.05, 0) is 37.7 Å². The fourth-order valence-electron chi connectivity index (χ4n) is 2.70. The van der Waals surface area contributed by atoms with Crippen molar-refractivity contribution < 1.29 is 4.79 Å². The SMILES string of the molecule is O=C(NCCn1nc2c(cc1=O)CCC2)C1CCC1. The molecule has 2 aliphatic carbocycles. The van der Waals surface area contributed by atoms with Crippen molar-refractivity contribution in [2.24, 2.45) is 5.92 Å². The van der Waals surface area contributed by atoms with Crippen molar-refractivity contribution in [3.05, 3.63) is 27.7 Å². The number of aryl methyl sites for hydroxylation is 2. The van der Waals surface area contributed by atoms with E-state index in [0.717, 1.165) is 49.8 Å². The van der Waals surface area contributed by atoms with E-state index in [1.807, 2.05) is 0 Å². The van der Waals surface area contributed by atoms with E-state index >= 15 is 0 Å². The normalized spacial score (nSPS) is 17.9. The van der Waals surface area contributed by atoms with Crippen LogP contribution >= 0.6 is 0 Å². The molecule has 5 nitrogen and oxygen atoms in total. The second kappa shape index (κ2) is 5.15. The molecule has 1 aromatic rings. The van der Waals surface area contributed by atoms with E-state index in [-0.39, 0.29) is 17.4 Å². The number of fused-ring (bicyclic) bond motifs is 1. The third-order valence-electron chi connectivity index (χ3n) is 4.12. The Hall–Kier alpha value is -1.65. The first-order valence-electron chi connectivity index (χ1n) is 7.11. The van der Waals surface area contributed by atoms with Gasteiger partial charge in [-0.3, -0.25) is 9.59 Å². The van der Waals surface area contributed by atoms with Gasteiger partial charge in [0.2, 0.25) is 5.91 Å². The molecule has 19 heavy (non-hydrogen) atoms. The summed E-state index contributed by atoms with van der Waals surface area (Å²) in [5.41, 5.74) is 2.09. The fraction of sp³-hybridized carbons (Fsp3) is 0.643. The molecule has 0 saturated heterocycles. The lowest BCUT2D eigenvalue weighted by Gasteiger charge is -2.24. The van der Waals surface area contributed by atoms with E-state index < -0.39 is 0 Å². The van der Waals surface area contributed by atoms with E-state index in [2.05, 4.69) is 10.4 Å². The van der Waals surface area contributed by atoms with Crippen LogP contribution in [0.15, 0.2) is 10.9 Å². The van der Waals surface area contributed by atoms with Crippen molar-refractivity contribution in [3.63, 3.8) is 0 Å². The third-order valence-corrected chi connectivity index (χ3v) is 4.12. The summed E-state index contributed by atoms with van der Waals surface area (Å²) in [7, 11) is 0. The predicted molar refractivity (Wildman–Crippen MR) is 70.9 cm³/mol. The molecule has 0 aromatic carbocycles. The Balaban J connectivity index is 1.58. The number of hydrogen-bond acceptors (Lipinski definition) is 3. The molecule has 1 N–H and O–H groups in total. The van der Waals surface area contributed by atoms with Gasteiger partial charge in [0.15, 0.2) is 0 Å². The first-order chi connectivity index (χ1) is 9.24. The number of aromatic nitrogens is 2. The van der Waals surface area contributed by atoms with Crippen LogP contribution < -0.4 is 10.9 Å². The van der Waals surface area contributed by atoms with E-state index in [4.69, 9.17) is 0 Å². The highest BCUT2D eigenvalue weighted by Crippen LogP contribution is 2.26. The minimum Gasteiger partial charge on any atom is -0.354 e. The van der Waals surface area contributed by atoms with Crippen LogP contribution in [0.2, 0.25) is 0 Å². The lowest BCUT2D eigenvalue weighted by Crippen LogP contribution is -2.37. The van der Waals surface area contributed by atoms with Crippen molar-refractivity contribution >= 4 is 5.91 Å². The average molecular weight is 261 g/mol. The molecule has 0 aliphatic heterocycles. The van der Waals surface area contributed by atoms with E-state index in [0.29, 0.717) is 13.1 Å². The Morgan fingerprint density at radius 3 is 2.95 bits per heavy atom. The van der Waals surface area contributed by atoms with Crippen molar-refractivity contribution in [3.8, 4) is 0 Å². The quantitative estimate of drug-likeness (QED) is 0.865. The largest absolute Gasteiger partial charge is 0.354 e. The molecule has 2 aliphatic rings. The van der Waals surface area contributed by atoms with Gasteiger partial charge in [0.25, 0.3) is 5.56 Å². The Labute approximate surface area is 112 Å². The number of nitrogens with zero attached hydrogens (tertiary/aromatic N) is 2. The number of rotatable bonds is 4. The summed E-state index contributed by atoms with van der Waals surface area (Å²) in [6, 6.07) is 1.70. The van der Waals surface area contributed by atoms with Gasteiger partial charge in [-0.25, -0.2) is 4.68 Å². The zero-order valence-corrected chi connectivity index (χ0v) is 11.0. The van der Waals surface area contributed by atoms with Crippen LogP contribution in [0.1, 0.15) is 36.9 Å². The van der Waals surface area contributed by atoms with E-state index in [1.54, 1.807) is 6.07 Å². The Kier molecular flexibility index (Phi) is 3.36. The van der Waals surface area contributed by atoms with Gasteiger partial charge >= 0.3 is 0 Å². The molecule has 5 heteroatoms. The maximum atomic E-state index is 11.8. The highest BCUT2D eigenvalue weighted by Gasteiger charge is 2.24. The maximum absolute atomic E-state index is 11.8. The van der Waals surface area contributed by atoms with Crippen LogP contribution in [0.4, 0.5) is 0 Å². The maximum Gasteiger partial charge on any atom is 0.267 e. The van der Waals surface area contributed by atoms with Crippen LogP contribution in [0.3, 0.4) is 0 Å². The molecule has 0 radical (unpaired) electrons. The first-order valence-corrected chi connectivity index (χ1v) is 7.11. The number of carbonyl (C=O) groups excluding carboxylic acids is 1. The number of amides is 1. The Bertz CT molecular complexity index is 546. The molecule has 1 amide bonds. The van der Waals surface area contributed by atoms with Crippen LogP contribution in [0, 0.1) is 5.92 Å². The average Bonchev–Trinajstić information content (AvgIpc) is 2.73. The fourth-order valence-corrected chi connectivity index (χ4v) is 2.70. The summed E-state index contributed by atoms with van der Waals surface area (Å²) >= 11 is 0. The molecule has 1 fully saturated rings. The van der Waals surface area contributed by atoms with Gasteiger partial charge in [0.05, 0.1) is 12.2 Å². The lowest BCUT2D eigenvalue weighted by molar-refractivity contribution is -0.127. The zero-order valence-electron chi connectivity index (χ0n) is 11.0. The Morgan fingerprint density at radius 2 is 2.21 bits per heavy atom. The van der Waals surface area contributed by atoms with Gasteiger partial charge in [-0.15, -0.1) is 0 Å². The van der Waals surface area contributed by atoms with Crippen LogP contribution in [-0.2, 0) is 24.2 Å². The number of carbonyl (C=O) groups is 1. The Morgan fingerprint density at radius 1 is 1.37 bits per heavy atom. The van der Waals surface area contributed by atoms with Gasteiger partial charge < -0.3 is 5.32 Å². The third kappa shape index (κ3) is 2.55. The van der Waals surface area contributed by atoms with Crippen molar-refractivity contribution in [2.75, 3.05) is 6.54 Å². The van der Waals surface area contributed by atoms with Gasteiger partial charge in [-0.2, -0.15) is 5.10 Å². The lowest BCUT2D eigenvalue weighted by atomic mass is 9.85. The van der Waals surface area contributed by atoms with Crippen LogP contribution in [0.25, 0.3) is 0 Å². The zero-order chi connectivity index (χ0) is 13.2. The van der Waals surface area contributed by atoms with Gasteiger partial charge in [0.1, 0.15) is 0 Å².